The lowest BCUT2D eigenvalue weighted by atomic mass is 9.99. The zero-order valence-electron chi connectivity index (χ0n) is 19.8. The van der Waals surface area contributed by atoms with E-state index < -0.39 is 5.60 Å². The average Bonchev–Trinajstić information content (AvgIpc) is 3.14. The van der Waals surface area contributed by atoms with Gasteiger partial charge in [0.2, 0.25) is 0 Å². The first-order chi connectivity index (χ1) is 16.1. The summed E-state index contributed by atoms with van der Waals surface area (Å²) in [6.07, 6.45) is 0.387. The minimum Gasteiger partial charge on any atom is -0.444 e. The third kappa shape index (κ3) is 5.64. The number of halogens is 1. The molecule has 178 valence electrons. The van der Waals surface area contributed by atoms with Crippen molar-refractivity contribution in [2.24, 2.45) is 0 Å². The van der Waals surface area contributed by atoms with Crippen LogP contribution in [0, 0.1) is 6.92 Å². The lowest BCUT2D eigenvalue weighted by Crippen LogP contribution is -2.39. The minimum atomic E-state index is -0.524. The molecule has 0 saturated carbocycles. The quantitative estimate of drug-likeness (QED) is 0.520. The number of nitrogens with zero attached hydrogens (tertiary/aromatic N) is 4. The number of carbonyl (C=O) groups is 2. The van der Waals surface area contributed by atoms with Crippen LogP contribution in [0.1, 0.15) is 53.6 Å². The molecule has 0 unspecified atom stereocenters. The van der Waals surface area contributed by atoms with Crippen LogP contribution in [-0.2, 0) is 24.2 Å². The highest BCUT2D eigenvalue weighted by Crippen LogP contribution is 2.24. The number of aromatic nitrogens is 3. The molecule has 0 radical (unpaired) electrons. The molecule has 4 rings (SSSR count). The van der Waals surface area contributed by atoms with E-state index in [9.17, 15) is 9.59 Å². The van der Waals surface area contributed by atoms with Crippen molar-refractivity contribution in [3.63, 3.8) is 0 Å². The van der Waals surface area contributed by atoms with E-state index in [4.69, 9.17) is 4.74 Å². The molecule has 8 nitrogen and oxygen atoms in total. The van der Waals surface area contributed by atoms with Gasteiger partial charge in [0.25, 0.3) is 5.91 Å². The standard InChI is InChI=1S/C25H28BrN5O3/c1-16-22(28-29-31(16)14-17-5-8-20(26)9-6-17)23(32)27-21-10-7-19-15-30(12-11-18(19)13-21)24(33)34-25(2,3)4/h5-10,13H,11-12,14-15H2,1-4H3,(H,27,32). The fourth-order valence-corrected chi connectivity index (χ4v) is 4.05. The van der Waals surface area contributed by atoms with Crippen LogP contribution in [0.4, 0.5) is 10.5 Å². The SMILES string of the molecule is Cc1c(C(=O)Nc2ccc3c(c2)CCN(C(=O)OC(C)(C)C)C3)nnn1Cc1ccc(Br)cc1. The van der Waals surface area contributed by atoms with E-state index >= 15 is 0 Å². The third-order valence-electron chi connectivity index (χ3n) is 5.57. The van der Waals surface area contributed by atoms with E-state index in [1.807, 2.05) is 70.2 Å². The molecule has 0 atom stereocenters. The molecular formula is C25H28BrN5O3. The number of hydrogen-bond acceptors (Lipinski definition) is 5. The predicted molar refractivity (Wildman–Crippen MR) is 133 cm³/mol. The summed E-state index contributed by atoms with van der Waals surface area (Å²) in [5, 5.41) is 11.2. The summed E-state index contributed by atoms with van der Waals surface area (Å²) in [4.78, 5) is 27.0. The summed E-state index contributed by atoms with van der Waals surface area (Å²) < 4.78 is 8.21. The molecule has 0 saturated heterocycles. The van der Waals surface area contributed by atoms with Crippen molar-refractivity contribution >= 4 is 33.6 Å². The molecule has 2 aromatic carbocycles. The maximum absolute atomic E-state index is 12.9. The van der Waals surface area contributed by atoms with Gasteiger partial charge in [0.1, 0.15) is 5.60 Å². The van der Waals surface area contributed by atoms with E-state index in [-0.39, 0.29) is 12.0 Å². The van der Waals surface area contributed by atoms with Crippen LogP contribution < -0.4 is 5.32 Å². The number of carbonyl (C=O) groups excluding carboxylic acids is 2. The smallest absolute Gasteiger partial charge is 0.410 e. The van der Waals surface area contributed by atoms with Crippen molar-refractivity contribution in [2.45, 2.75) is 52.8 Å². The van der Waals surface area contributed by atoms with Gasteiger partial charge in [0.15, 0.2) is 5.69 Å². The number of amides is 2. The zero-order chi connectivity index (χ0) is 24.5. The van der Waals surface area contributed by atoms with Crippen molar-refractivity contribution in [1.82, 2.24) is 19.9 Å². The van der Waals surface area contributed by atoms with Gasteiger partial charge in [-0.15, -0.1) is 5.10 Å². The highest BCUT2D eigenvalue weighted by atomic mass is 79.9. The molecule has 1 aliphatic rings. The topological polar surface area (TPSA) is 89.3 Å². The van der Waals surface area contributed by atoms with Gasteiger partial charge in [-0.2, -0.15) is 0 Å². The van der Waals surface area contributed by atoms with Crippen LogP contribution in [0.25, 0.3) is 0 Å². The third-order valence-corrected chi connectivity index (χ3v) is 6.10. The number of fused-ring (bicyclic) bond motifs is 1. The van der Waals surface area contributed by atoms with Crippen LogP contribution >= 0.6 is 15.9 Å². The first kappa shape index (κ1) is 23.9. The normalized spacial score (nSPS) is 13.4. The number of rotatable bonds is 4. The van der Waals surface area contributed by atoms with Crippen LogP contribution in [0.2, 0.25) is 0 Å². The summed E-state index contributed by atoms with van der Waals surface area (Å²) in [6.45, 7) is 9.01. The Morgan fingerprint density at radius 3 is 2.56 bits per heavy atom. The second-order valence-corrected chi connectivity index (χ2v) is 10.3. The lowest BCUT2D eigenvalue weighted by molar-refractivity contribution is 0.0224. The second-order valence-electron chi connectivity index (χ2n) is 9.40. The summed E-state index contributed by atoms with van der Waals surface area (Å²) in [5.41, 5.74) is 4.39. The first-order valence-electron chi connectivity index (χ1n) is 11.1. The first-order valence-corrected chi connectivity index (χ1v) is 11.9. The molecule has 1 N–H and O–H groups in total. The van der Waals surface area contributed by atoms with Crippen molar-refractivity contribution < 1.29 is 14.3 Å². The van der Waals surface area contributed by atoms with Crippen molar-refractivity contribution in [3.05, 3.63) is 75.0 Å². The highest BCUT2D eigenvalue weighted by molar-refractivity contribution is 9.10. The van der Waals surface area contributed by atoms with Crippen LogP contribution in [0.3, 0.4) is 0 Å². The predicted octanol–water partition coefficient (Wildman–Crippen LogP) is 4.94. The summed E-state index contributed by atoms with van der Waals surface area (Å²) >= 11 is 3.43. The van der Waals surface area contributed by atoms with E-state index in [0.29, 0.717) is 43.1 Å². The minimum absolute atomic E-state index is 0.297. The molecule has 1 aromatic heterocycles. The number of ether oxygens (including phenoxy) is 1. The van der Waals surface area contributed by atoms with Gasteiger partial charge in [-0.1, -0.05) is 39.3 Å². The highest BCUT2D eigenvalue weighted by Gasteiger charge is 2.26. The maximum atomic E-state index is 12.9. The molecule has 0 aliphatic carbocycles. The van der Waals surface area contributed by atoms with Crippen molar-refractivity contribution in [1.29, 1.82) is 0 Å². The number of nitrogens with one attached hydrogen (secondary N) is 1. The fourth-order valence-electron chi connectivity index (χ4n) is 3.79. The van der Waals surface area contributed by atoms with Crippen LogP contribution in [0.15, 0.2) is 46.9 Å². The van der Waals surface area contributed by atoms with Gasteiger partial charge in [-0.3, -0.25) is 4.79 Å². The fraction of sp³-hybridized carbons (Fsp3) is 0.360. The monoisotopic (exact) mass is 525 g/mol. The Balaban J connectivity index is 1.41. The summed E-state index contributed by atoms with van der Waals surface area (Å²) in [6, 6.07) is 13.7. The maximum Gasteiger partial charge on any atom is 0.410 e. The molecule has 2 heterocycles. The Morgan fingerprint density at radius 1 is 1.12 bits per heavy atom. The molecule has 1 aliphatic heterocycles. The number of benzene rings is 2. The molecular weight excluding hydrogens is 498 g/mol. The van der Waals surface area contributed by atoms with Gasteiger partial charge in [-0.25, -0.2) is 9.48 Å². The van der Waals surface area contributed by atoms with Crippen LogP contribution in [0.5, 0.6) is 0 Å². The van der Waals surface area contributed by atoms with E-state index in [1.54, 1.807) is 9.58 Å². The Hall–Kier alpha value is -3.20. The summed E-state index contributed by atoms with van der Waals surface area (Å²) in [7, 11) is 0. The molecule has 2 amide bonds. The van der Waals surface area contributed by atoms with Gasteiger partial charge in [-0.05, 0) is 75.1 Å². The average molecular weight is 526 g/mol. The molecule has 0 fully saturated rings. The van der Waals surface area contributed by atoms with Gasteiger partial charge in [0.05, 0.1) is 12.2 Å². The number of hydrogen-bond donors (Lipinski definition) is 1. The van der Waals surface area contributed by atoms with E-state index in [1.165, 1.54) is 0 Å². The Kier molecular flexibility index (Phi) is 6.74. The molecule has 0 bridgehead atoms. The van der Waals surface area contributed by atoms with Gasteiger partial charge >= 0.3 is 6.09 Å². The molecule has 0 spiro atoms. The molecule has 34 heavy (non-hydrogen) atoms. The van der Waals surface area contributed by atoms with Crippen LogP contribution in [-0.4, -0.2) is 44.0 Å². The Labute approximate surface area is 207 Å². The zero-order valence-corrected chi connectivity index (χ0v) is 21.3. The van der Waals surface area contributed by atoms with Crippen molar-refractivity contribution in [3.8, 4) is 0 Å². The number of anilines is 1. The molecule has 3 aromatic rings. The second kappa shape index (κ2) is 9.58. The van der Waals surface area contributed by atoms with Gasteiger partial charge < -0.3 is 15.0 Å². The Bertz CT molecular complexity index is 1210. The largest absolute Gasteiger partial charge is 0.444 e. The van der Waals surface area contributed by atoms with Crippen molar-refractivity contribution in [2.75, 3.05) is 11.9 Å². The molecule has 9 heteroatoms. The van der Waals surface area contributed by atoms with E-state index in [0.717, 1.165) is 21.2 Å². The lowest BCUT2D eigenvalue weighted by Gasteiger charge is -2.31. The Morgan fingerprint density at radius 2 is 1.85 bits per heavy atom. The van der Waals surface area contributed by atoms with Gasteiger partial charge in [0, 0.05) is 23.2 Å². The van der Waals surface area contributed by atoms with E-state index in [2.05, 4.69) is 31.6 Å². The summed E-state index contributed by atoms with van der Waals surface area (Å²) in [5.74, 6) is -0.300.